The van der Waals surface area contributed by atoms with Crippen molar-refractivity contribution in [2.45, 2.75) is 52.5 Å². The van der Waals surface area contributed by atoms with Crippen LogP contribution in [0.4, 0.5) is 5.69 Å². The van der Waals surface area contributed by atoms with Crippen LogP contribution < -0.4 is 11.1 Å². The highest BCUT2D eigenvalue weighted by atomic mass is 16.1. The lowest BCUT2D eigenvalue weighted by Gasteiger charge is -2.15. The van der Waals surface area contributed by atoms with Crippen LogP contribution in [0.2, 0.25) is 0 Å². The molecule has 0 radical (unpaired) electrons. The second-order valence-corrected chi connectivity index (χ2v) is 5.68. The number of carbonyl (C=O) groups excluding carboxylic acids is 1. The molecule has 0 fully saturated rings. The van der Waals surface area contributed by atoms with Crippen molar-refractivity contribution in [3.8, 4) is 0 Å². The molecule has 19 heavy (non-hydrogen) atoms. The van der Waals surface area contributed by atoms with E-state index in [9.17, 15) is 4.79 Å². The summed E-state index contributed by atoms with van der Waals surface area (Å²) in [6.07, 6.45) is 3.50. The Hall–Kier alpha value is -1.51. The number of hydrogen-bond donors (Lipinski definition) is 2. The Balaban J connectivity index is 2.25. The summed E-state index contributed by atoms with van der Waals surface area (Å²) >= 11 is 0. The molecule has 1 amide bonds. The quantitative estimate of drug-likeness (QED) is 0.742. The van der Waals surface area contributed by atoms with E-state index in [1.807, 2.05) is 24.3 Å². The lowest BCUT2D eigenvalue weighted by Crippen LogP contribution is -2.32. The van der Waals surface area contributed by atoms with Crippen LogP contribution in [0.25, 0.3) is 0 Å². The van der Waals surface area contributed by atoms with Crippen molar-refractivity contribution in [2.75, 3.05) is 5.73 Å². The van der Waals surface area contributed by atoms with Gasteiger partial charge in [-0.15, -0.1) is 0 Å². The van der Waals surface area contributed by atoms with Crippen LogP contribution in [-0.4, -0.2) is 11.9 Å². The molecule has 0 aliphatic rings. The molecule has 0 bridgehead atoms. The molecule has 1 atom stereocenters. The zero-order chi connectivity index (χ0) is 14.3. The third-order valence-electron chi connectivity index (χ3n) is 3.20. The molecule has 3 nitrogen and oxygen atoms in total. The van der Waals surface area contributed by atoms with Gasteiger partial charge in [-0.1, -0.05) is 26.0 Å². The highest BCUT2D eigenvalue weighted by Crippen LogP contribution is 2.09. The van der Waals surface area contributed by atoms with Crippen LogP contribution in [-0.2, 0) is 11.2 Å². The number of amides is 1. The molecular weight excluding hydrogens is 236 g/mol. The Morgan fingerprint density at radius 2 is 1.79 bits per heavy atom. The summed E-state index contributed by atoms with van der Waals surface area (Å²) in [6.45, 7) is 6.48. The van der Waals surface area contributed by atoms with Gasteiger partial charge in [0, 0.05) is 18.2 Å². The second kappa shape index (κ2) is 7.82. The van der Waals surface area contributed by atoms with E-state index in [0.29, 0.717) is 12.3 Å². The summed E-state index contributed by atoms with van der Waals surface area (Å²) in [4.78, 5) is 11.8. The van der Waals surface area contributed by atoms with Crippen molar-refractivity contribution in [1.82, 2.24) is 5.32 Å². The molecule has 0 aromatic heterocycles. The van der Waals surface area contributed by atoms with Crippen LogP contribution in [0.1, 0.15) is 45.6 Å². The monoisotopic (exact) mass is 262 g/mol. The smallest absolute Gasteiger partial charge is 0.220 e. The van der Waals surface area contributed by atoms with Gasteiger partial charge < -0.3 is 11.1 Å². The lowest BCUT2D eigenvalue weighted by molar-refractivity contribution is -0.121. The normalized spacial score (nSPS) is 12.4. The minimum absolute atomic E-state index is 0.132. The van der Waals surface area contributed by atoms with Crippen LogP contribution in [0.15, 0.2) is 24.3 Å². The number of nitrogens with two attached hydrogens (primary N) is 1. The van der Waals surface area contributed by atoms with Gasteiger partial charge in [-0.25, -0.2) is 0 Å². The van der Waals surface area contributed by atoms with E-state index in [4.69, 9.17) is 5.73 Å². The summed E-state index contributed by atoms with van der Waals surface area (Å²) in [5.74, 6) is 0.821. The van der Waals surface area contributed by atoms with Crippen LogP contribution >= 0.6 is 0 Å². The van der Waals surface area contributed by atoms with Gasteiger partial charge in [-0.3, -0.25) is 4.79 Å². The van der Waals surface area contributed by atoms with Gasteiger partial charge >= 0.3 is 0 Å². The summed E-state index contributed by atoms with van der Waals surface area (Å²) in [5.41, 5.74) is 7.54. The number of nitrogen functional groups attached to an aromatic ring is 1. The maximum Gasteiger partial charge on any atom is 0.220 e. The first-order valence-electron chi connectivity index (χ1n) is 7.11. The van der Waals surface area contributed by atoms with Gasteiger partial charge in [0.2, 0.25) is 5.91 Å². The number of hydrogen-bond acceptors (Lipinski definition) is 2. The Morgan fingerprint density at radius 1 is 1.16 bits per heavy atom. The minimum atomic E-state index is 0.132. The van der Waals surface area contributed by atoms with Crippen molar-refractivity contribution in [2.24, 2.45) is 5.92 Å². The topological polar surface area (TPSA) is 55.1 Å². The Morgan fingerprint density at radius 3 is 2.37 bits per heavy atom. The molecule has 3 heteroatoms. The van der Waals surface area contributed by atoms with E-state index >= 15 is 0 Å². The fourth-order valence-electron chi connectivity index (χ4n) is 1.94. The molecular formula is C16H26N2O. The summed E-state index contributed by atoms with van der Waals surface area (Å²) in [6, 6.07) is 7.97. The van der Waals surface area contributed by atoms with Gasteiger partial charge in [0.1, 0.15) is 0 Å². The van der Waals surface area contributed by atoms with E-state index in [0.717, 1.165) is 30.5 Å². The zero-order valence-electron chi connectivity index (χ0n) is 12.3. The van der Waals surface area contributed by atoms with Gasteiger partial charge in [0.25, 0.3) is 0 Å². The van der Waals surface area contributed by atoms with E-state index in [-0.39, 0.29) is 11.9 Å². The third-order valence-corrected chi connectivity index (χ3v) is 3.20. The van der Waals surface area contributed by atoms with Crippen LogP contribution in [0.3, 0.4) is 0 Å². The van der Waals surface area contributed by atoms with E-state index < -0.39 is 0 Å². The Labute approximate surface area is 116 Å². The summed E-state index contributed by atoms with van der Waals surface area (Å²) in [5, 5.41) is 3.05. The third kappa shape index (κ3) is 6.85. The fourth-order valence-corrected chi connectivity index (χ4v) is 1.94. The van der Waals surface area contributed by atoms with Crippen molar-refractivity contribution in [1.29, 1.82) is 0 Å². The van der Waals surface area contributed by atoms with Crippen molar-refractivity contribution < 1.29 is 4.79 Å². The number of nitrogens with one attached hydrogen (secondary N) is 1. The number of rotatable bonds is 7. The second-order valence-electron chi connectivity index (χ2n) is 5.68. The average Bonchev–Trinajstić information content (AvgIpc) is 2.36. The summed E-state index contributed by atoms with van der Waals surface area (Å²) < 4.78 is 0. The standard InChI is InChI=1S/C16H26N2O/c1-12(2)4-5-13(3)18-16(19)11-8-14-6-9-15(17)10-7-14/h6-7,9-10,12-13H,4-5,8,11,17H2,1-3H3,(H,18,19). The maximum absolute atomic E-state index is 11.8. The Bertz CT molecular complexity index is 384. The number of aryl methyl sites for hydroxylation is 1. The molecule has 1 unspecified atom stereocenters. The number of carbonyl (C=O) groups is 1. The molecule has 1 aromatic rings. The first-order valence-corrected chi connectivity index (χ1v) is 7.11. The molecule has 1 aromatic carbocycles. The molecule has 0 saturated heterocycles. The van der Waals surface area contributed by atoms with Gasteiger partial charge in [-0.2, -0.15) is 0 Å². The van der Waals surface area contributed by atoms with Crippen molar-refractivity contribution >= 4 is 11.6 Å². The highest BCUT2D eigenvalue weighted by Gasteiger charge is 2.08. The average molecular weight is 262 g/mol. The molecule has 0 saturated carbocycles. The van der Waals surface area contributed by atoms with Gasteiger partial charge in [-0.05, 0) is 49.8 Å². The number of benzene rings is 1. The van der Waals surface area contributed by atoms with Gasteiger partial charge in [0.05, 0.1) is 0 Å². The van der Waals surface area contributed by atoms with E-state index in [1.165, 1.54) is 0 Å². The summed E-state index contributed by atoms with van der Waals surface area (Å²) in [7, 11) is 0. The molecule has 0 heterocycles. The lowest BCUT2D eigenvalue weighted by atomic mass is 10.0. The highest BCUT2D eigenvalue weighted by molar-refractivity contribution is 5.76. The molecule has 0 aliphatic heterocycles. The first kappa shape index (κ1) is 15.5. The SMILES string of the molecule is CC(C)CCC(C)NC(=O)CCc1ccc(N)cc1. The number of anilines is 1. The van der Waals surface area contributed by atoms with Crippen LogP contribution in [0.5, 0.6) is 0 Å². The predicted octanol–water partition coefficient (Wildman–Crippen LogP) is 3.14. The fraction of sp³-hybridized carbons (Fsp3) is 0.562. The molecule has 106 valence electrons. The minimum Gasteiger partial charge on any atom is -0.399 e. The zero-order valence-corrected chi connectivity index (χ0v) is 12.3. The Kier molecular flexibility index (Phi) is 6.40. The van der Waals surface area contributed by atoms with Crippen molar-refractivity contribution in [3.05, 3.63) is 29.8 Å². The van der Waals surface area contributed by atoms with Crippen LogP contribution in [0, 0.1) is 5.92 Å². The molecule has 0 aliphatic carbocycles. The molecule has 0 spiro atoms. The largest absolute Gasteiger partial charge is 0.399 e. The maximum atomic E-state index is 11.8. The van der Waals surface area contributed by atoms with E-state index in [1.54, 1.807) is 0 Å². The molecule has 1 rings (SSSR count). The van der Waals surface area contributed by atoms with Gasteiger partial charge in [0.15, 0.2) is 0 Å². The van der Waals surface area contributed by atoms with Crippen molar-refractivity contribution in [3.63, 3.8) is 0 Å². The van der Waals surface area contributed by atoms with E-state index in [2.05, 4.69) is 26.1 Å². The predicted molar refractivity (Wildman–Crippen MR) is 80.9 cm³/mol. The first-order chi connectivity index (χ1) is 8.97. The molecule has 3 N–H and O–H groups in total.